The Hall–Kier alpha value is -2.89. The summed E-state index contributed by atoms with van der Waals surface area (Å²) in [6, 6.07) is 8.17. The summed E-state index contributed by atoms with van der Waals surface area (Å²) in [4.78, 5) is 27.4. The Morgan fingerprint density at radius 1 is 1.43 bits per heavy atom. The molecule has 2 N–H and O–H groups in total. The van der Waals surface area contributed by atoms with Gasteiger partial charge in [-0.3, -0.25) is 9.36 Å². The van der Waals surface area contributed by atoms with Crippen LogP contribution in [-0.4, -0.2) is 20.6 Å². The van der Waals surface area contributed by atoms with E-state index in [1.807, 2.05) is 6.92 Å². The Morgan fingerprint density at radius 2 is 2.26 bits per heavy atom. The Bertz CT molecular complexity index is 839. The van der Waals surface area contributed by atoms with Crippen molar-refractivity contribution < 1.29 is 9.90 Å². The number of fused-ring (bicyclic) bond motifs is 1. The zero-order valence-electron chi connectivity index (χ0n) is 12.7. The third kappa shape index (κ3) is 3.01. The first-order chi connectivity index (χ1) is 11.1. The van der Waals surface area contributed by atoms with Gasteiger partial charge in [-0.25, -0.2) is 9.78 Å². The minimum absolute atomic E-state index is 0.0547. The molecule has 3 rings (SSSR count). The van der Waals surface area contributed by atoms with E-state index >= 15 is 0 Å². The largest absolute Gasteiger partial charge is 0.478 e. The summed E-state index contributed by atoms with van der Waals surface area (Å²) in [5.41, 5.74) is 1.78. The van der Waals surface area contributed by atoms with Gasteiger partial charge < -0.3 is 10.4 Å². The zero-order chi connectivity index (χ0) is 16.4. The molecule has 2 heterocycles. The van der Waals surface area contributed by atoms with Crippen LogP contribution >= 0.6 is 0 Å². The Labute approximate surface area is 133 Å². The molecule has 0 bridgehead atoms. The Morgan fingerprint density at radius 3 is 3.04 bits per heavy atom. The standard InChI is InChI=1S/C17H17N3O3/c1-11-5-6-13(16-18-8-7-15(21)20(11)16)10-19-14-4-2-3-12(9-14)17(22)23/h2-4,7-11,19H,5-6H2,1H3,(H,22,23)/b13-10+. The molecule has 1 aromatic heterocycles. The molecule has 118 valence electrons. The van der Waals surface area contributed by atoms with E-state index in [4.69, 9.17) is 5.11 Å². The average Bonchev–Trinajstić information content (AvgIpc) is 2.54. The number of aromatic carboxylic acids is 1. The molecule has 0 saturated heterocycles. The number of hydrogen-bond donors (Lipinski definition) is 2. The molecule has 1 aliphatic heterocycles. The molecule has 0 radical (unpaired) electrons. The van der Waals surface area contributed by atoms with E-state index in [2.05, 4.69) is 10.3 Å². The number of benzene rings is 1. The maximum Gasteiger partial charge on any atom is 0.335 e. The maximum atomic E-state index is 12.0. The highest BCUT2D eigenvalue weighted by Crippen LogP contribution is 2.29. The van der Waals surface area contributed by atoms with Crippen molar-refractivity contribution in [1.29, 1.82) is 0 Å². The summed E-state index contributed by atoms with van der Waals surface area (Å²) in [6.07, 6.45) is 4.99. The van der Waals surface area contributed by atoms with Crippen molar-refractivity contribution >= 4 is 17.2 Å². The van der Waals surface area contributed by atoms with Gasteiger partial charge in [-0.15, -0.1) is 0 Å². The van der Waals surface area contributed by atoms with Gasteiger partial charge in [0.25, 0.3) is 5.56 Å². The summed E-state index contributed by atoms with van der Waals surface area (Å²) >= 11 is 0. The van der Waals surface area contributed by atoms with Gasteiger partial charge in [0.1, 0.15) is 5.82 Å². The fourth-order valence-corrected chi connectivity index (χ4v) is 2.74. The lowest BCUT2D eigenvalue weighted by molar-refractivity contribution is 0.0697. The van der Waals surface area contributed by atoms with E-state index < -0.39 is 5.97 Å². The number of carbonyl (C=O) groups is 1. The molecule has 1 aromatic carbocycles. The van der Waals surface area contributed by atoms with Crippen LogP contribution < -0.4 is 10.9 Å². The van der Waals surface area contributed by atoms with Crippen LogP contribution in [0.3, 0.4) is 0 Å². The van der Waals surface area contributed by atoms with E-state index in [-0.39, 0.29) is 17.2 Å². The smallest absolute Gasteiger partial charge is 0.335 e. The third-order valence-electron chi connectivity index (χ3n) is 3.96. The second-order valence-electron chi connectivity index (χ2n) is 5.56. The molecule has 1 aliphatic rings. The van der Waals surface area contributed by atoms with Crippen molar-refractivity contribution in [3.63, 3.8) is 0 Å². The summed E-state index contributed by atoms with van der Waals surface area (Å²) in [5.74, 6) is -0.301. The molecule has 0 spiro atoms. The molecule has 6 heteroatoms. The topological polar surface area (TPSA) is 84.2 Å². The van der Waals surface area contributed by atoms with Gasteiger partial charge in [-0.05, 0) is 38.0 Å². The van der Waals surface area contributed by atoms with Crippen LogP contribution in [0.1, 0.15) is 42.0 Å². The monoisotopic (exact) mass is 311 g/mol. The molecular formula is C17H17N3O3. The summed E-state index contributed by atoms with van der Waals surface area (Å²) in [6.45, 7) is 2.01. The van der Waals surface area contributed by atoms with Crippen LogP contribution in [0.15, 0.2) is 47.5 Å². The maximum absolute atomic E-state index is 12.0. The van der Waals surface area contributed by atoms with E-state index in [9.17, 15) is 9.59 Å². The van der Waals surface area contributed by atoms with Crippen molar-refractivity contribution in [3.8, 4) is 0 Å². The van der Waals surface area contributed by atoms with Crippen molar-refractivity contribution in [2.24, 2.45) is 0 Å². The van der Waals surface area contributed by atoms with Crippen LogP contribution in [0, 0.1) is 0 Å². The summed E-state index contributed by atoms with van der Waals surface area (Å²) in [7, 11) is 0. The van der Waals surface area contributed by atoms with Crippen LogP contribution in [0.25, 0.3) is 5.57 Å². The van der Waals surface area contributed by atoms with Crippen molar-refractivity contribution in [2.75, 3.05) is 5.32 Å². The molecule has 0 aliphatic carbocycles. The van der Waals surface area contributed by atoms with E-state index in [0.29, 0.717) is 11.5 Å². The molecular weight excluding hydrogens is 294 g/mol. The third-order valence-corrected chi connectivity index (χ3v) is 3.96. The van der Waals surface area contributed by atoms with Gasteiger partial charge in [0.15, 0.2) is 0 Å². The van der Waals surface area contributed by atoms with Crippen LogP contribution in [0.4, 0.5) is 5.69 Å². The minimum Gasteiger partial charge on any atom is -0.478 e. The van der Waals surface area contributed by atoms with E-state index in [1.54, 1.807) is 35.0 Å². The molecule has 1 unspecified atom stereocenters. The first-order valence-corrected chi connectivity index (χ1v) is 7.43. The highest BCUT2D eigenvalue weighted by molar-refractivity contribution is 5.88. The van der Waals surface area contributed by atoms with Gasteiger partial charge in [0.2, 0.25) is 0 Å². The fraction of sp³-hybridized carbons (Fsp3) is 0.235. The molecule has 1 atom stereocenters. The predicted octanol–water partition coefficient (Wildman–Crippen LogP) is 2.75. The van der Waals surface area contributed by atoms with Crippen LogP contribution in [0.5, 0.6) is 0 Å². The average molecular weight is 311 g/mol. The number of rotatable bonds is 3. The predicted molar refractivity (Wildman–Crippen MR) is 87.4 cm³/mol. The molecule has 0 amide bonds. The Kier molecular flexibility index (Phi) is 3.97. The summed E-state index contributed by atoms with van der Waals surface area (Å²) < 4.78 is 1.70. The van der Waals surface area contributed by atoms with Gasteiger partial charge in [-0.2, -0.15) is 0 Å². The second-order valence-corrected chi connectivity index (χ2v) is 5.56. The quantitative estimate of drug-likeness (QED) is 0.910. The van der Waals surface area contributed by atoms with Crippen LogP contribution in [-0.2, 0) is 0 Å². The van der Waals surface area contributed by atoms with Crippen LogP contribution in [0.2, 0.25) is 0 Å². The zero-order valence-corrected chi connectivity index (χ0v) is 12.7. The van der Waals surface area contributed by atoms with Crippen molar-refractivity contribution in [1.82, 2.24) is 9.55 Å². The van der Waals surface area contributed by atoms with Crippen molar-refractivity contribution in [3.05, 3.63) is 64.5 Å². The molecule has 23 heavy (non-hydrogen) atoms. The number of nitrogens with zero attached hydrogens (tertiary/aromatic N) is 2. The second kappa shape index (κ2) is 6.08. The van der Waals surface area contributed by atoms with Gasteiger partial charge in [0, 0.05) is 35.8 Å². The minimum atomic E-state index is -0.966. The molecule has 2 aromatic rings. The van der Waals surface area contributed by atoms with Gasteiger partial charge in [0.05, 0.1) is 5.56 Å². The SMILES string of the molecule is CC1CC/C(=C\Nc2cccc(C(=O)O)c2)c2nccc(=O)n21. The lowest BCUT2D eigenvalue weighted by atomic mass is 10.0. The molecule has 0 fully saturated rings. The molecule has 6 nitrogen and oxygen atoms in total. The number of anilines is 1. The first-order valence-electron chi connectivity index (χ1n) is 7.43. The Balaban J connectivity index is 1.92. The number of carboxylic acids is 1. The number of carboxylic acid groups (broad SMARTS) is 1. The number of nitrogens with one attached hydrogen (secondary N) is 1. The number of aromatic nitrogens is 2. The van der Waals surface area contributed by atoms with Gasteiger partial charge in [-0.1, -0.05) is 6.07 Å². The normalized spacial score (nSPS) is 18.5. The fourth-order valence-electron chi connectivity index (χ4n) is 2.74. The number of hydrogen-bond acceptors (Lipinski definition) is 4. The first kappa shape index (κ1) is 15.0. The van der Waals surface area contributed by atoms with Crippen molar-refractivity contribution in [2.45, 2.75) is 25.8 Å². The van der Waals surface area contributed by atoms with Gasteiger partial charge >= 0.3 is 5.97 Å². The van der Waals surface area contributed by atoms with E-state index in [0.717, 1.165) is 18.4 Å². The lowest BCUT2D eigenvalue weighted by Crippen LogP contribution is -2.29. The van der Waals surface area contributed by atoms with E-state index in [1.165, 1.54) is 12.3 Å². The molecule has 0 saturated carbocycles. The highest BCUT2D eigenvalue weighted by Gasteiger charge is 2.21. The highest BCUT2D eigenvalue weighted by atomic mass is 16.4. The summed E-state index contributed by atoms with van der Waals surface area (Å²) in [5, 5.41) is 12.1. The lowest BCUT2D eigenvalue weighted by Gasteiger charge is -2.25. The number of allylic oxidation sites excluding steroid dienone is 1.